The smallest absolute Gasteiger partial charge is 0.0360 e. The Labute approximate surface area is 103 Å². The van der Waals surface area contributed by atoms with Gasteiger partial charge in [0.05, 0.1) is 0 Å². The predicted molar refractivity (Wildman–Crippen MR) is 68.9 cm³/mol. The third kappa shape index (κ3) is 2.67. The summed E-state index contributed by atoms with van der Waals surface area (Å²) in [5, 5.41) is 0. The minimum atomic E-state index is 0. The van der Waals surface area contributed by atoms with E-state index in [1.165, 1.54) is 31.4 Å². The predicted octanol–water partition coefficient (Wildman–Crippen LogP) is 2.86. The molecule has 1 aromatic rings. The summed E-state index contributed by atoms with van der Waals surface area (Å²) in [5.41, 5.74) is 1.37. The average Bonchev–Trinajstić information content (AvgIpc) is 2.20. The summed E-state index contributed by atoms with van der Waals surface area (Å²) >= 11 is 0. The van der Waals surface area contributed by atoms with E-state index in [4.69, 9.17) is 0 Å². The summed E-state index contributed by atoms with van der Waals surface area (Å²) in [7, 11) is 2.21. The molecule has 1 unspecified atom stereocenters. The minimum Gasteiger partial charge on any atom is -0.299 e. The number of rotatable bonds is 1. The van der Waals surface area contributed by atoms with Crippen molar-refractivity contribution < 1.29 is 0 Å². The fourth-order valence-electron chi connectivity index (χ4n) is 2.07. The van der Waals surface area contributed by atoms with Crippen molar-refractivity contribution in [2.75, 3.05) is 13.6 Å². The van der Waals surface area contributed by atoms with Crippen molar-refractivity contribution in [1.29, 1.82) is 0 Å². The van der Waals surface area contributed by atoms with Gasteiger partial charge in [0.25, 0.3) is 0 Å². The maximum Gasteiger partial charge on any atom is 0.0360 e. The zero-order valence-corrected chi connectivity index (χ0v) is 10.8. The largest absolute Gasteiger partial charge is 0.299 e. The van der Waals surface area contributed by atoms with E-state index in [-0.39, 0.29) is 24.0 Å². The average molecular weight is 304 g/mol. The fraction of sp³-hybridized carbons (Fsp3) is 0.545. The number of likely N-dealkylation sites (tertiary alicyclic amines) is 1. The van der Waals surface area contributed by atoms with Gasteiger partial charge in [0.15, 0.2) is 0 Å². The number of pyridine rings is 1. The maximum absolute atomic E-state index is 4.17. The van der Waals surface area contributed by atoms with Crippen molar-refractivity contribution >= 4 is 24.0 Å². The van der Waals surface area contributed by atoms with E-state index in [1.54, 1.807) is 0 Å². The molecule has 2 nitrogen and oxygen atoms in total. The molecule has 0 aromatic carbocycles. The van der Waals surface area contributed by atoms with Crippen molar-refractivity contribution in [1.82, 2.24) is 9.88 Å². The Hall–Kier alpha value is -0.160. The van der Waals surface area contributed by atoms with E-state index in [1.807, 2.05) is 18.5 Å². The van der Waals surface area contributed by atoms with Gasteiger partial charge in [-0.25, -0.2) is 0 Å². The van der Waals surface area contributed by atoms with E-state index in [0.717, 1.165) is 0 Å². The molecule has 1 aromatic heterocycles. The highest BCUT2D eigenvalue weighted by atomic mass is 127. The number of aromatic nitrogens is 1. The Kier molecular flexibility index (Phi) is 4.81. The molecule has 0 bridgehead atoms. The second-order valence-corrected chi connectivity index (χ2v) is 3.78. The van der Waals surface area contributed by atoms with Crippen LogP contribution in [0.25, 0.3) is 0 Å². The topological polar surface area (TPSA) is 16.1 Å². The molecule has 3 heteroatoms. The fourth-order valence-corrected chi connectivity index (χ4v) is 2.07. The summed E-state index contributed by atoms with van der Waals surface area (Å²) in [6, 6.07) is 4.81. The molecule has 0 N–H and O–H groups in total. The molecule has 1 atom stereocenters. The lowest BCUT2D eigenvalue weighted by molar-refractivity contribution is 0.187. The van der Waals surface area contributed by atoms with Crippen LogP contribution in [0, 0.1) is 0 Å². The molecule has 0 spiro atoms. The highest BCUT2D eigenvalue weighted by molar-refractivity contribution is 14.0. The van der Waals surface area contributed by atoms with Gasteiger partial charge >= 0.3 is 0 Å². The van der Waals surface area contributed by atoms with Crippen LogP contribution in [0.5, 0.6) is 0 Å². The third-order valence-corrected chi connectivity index (χ3v) is 2.84. The molecule has 0 saturated carbocycles. The first-order valence-electron chi connectivity index (χ1n) is 4.98. The normalized spacial score (nSPS) is 22.8. The molecule has 78 valence electrons. The first kappa shape index (κ1) is 11.9. The number of halogens is 1. The van der Waals surface area contributed by atoms with Crippen LogP contribution in [-0.2, 0) is 0 Å². The second-order valence-electron chi connectivity index (χ2n) is 3.78. The SMILES string of the molecule is CN1CCCCC1c1cccnc1.I. The van der Waals surface area contributed by atoms with E-state index in [2.05, 4.69) is 23.0 Å². The van der Waals surface area contributed by atoms with Crippen molar-refractivity contribution in [2.45, 2.75) is 25.3 Å². The lowest BCUT2D eigenvalue weighted by atomic mass is 9.97. The van der Waals surface area contributed by atoms with Crippen LogP contribution in [0.4, 0.5) is 0 Å². The number of hydrogen-bond donors (Lipinski definition) is 0. The second kappa shape index (κ2) is 5.66. The molecule has 2 rings (SSSR count). The Morgan fingerprint density at radius 2 is 2.29 bits per heavy atom. The van der Waals surface area contributed by atoms with Gasteiger partial charge in [-0.15, -0.1) is 24.0 Å². The number of hydrogen-bond acceptors (Lipinski definition) is 2. The molecule has 1 aliphatic heterocycles. The van der Waals surface area contributed by atoms with Gasteiger partial charge in [-0.2, -0.15) is 0 Å². The lowest BCUT2D eigenvalue weighted by Crippen LogP contribution is -2.29. The molecule has 0 amide bonds. The summed E-state index contributed by atoms with van der Waals surface area (Å²) in [4.78, 5) is 6.60. The van der Waals surface area contributed by atoms with Crippen LogP contribution in [0.2, 0.25) is 0 Å². The summed E-state index contributed by atoms with van der Waals surface area (Å²) in [5.74, 6) is 0. The van der Waals surface area contributed by atoms with Gasteiger partial charge in [0.2, 0.25) is 0 Å². The standard InChI is InChI=1S/C11H16N2.HI/c1-13-8-3-2-6-11(13)10-5-4-7-12-9-10;/h4-5,7,9,11H,2-3,6,8H2,1H3;1H. The van der Waals surface area contributed by atoms with Gasteiger partial charge in [-0.05, 0) is 38.1 Å². The maximum atomic E-state index is 4.17. The van der Waals surface area contributed by atoms with E-state index >= 15 is 0 Å². The van der Waals surface area contributed by atoms with Crippen LogP contribution in [0.3, 0.4) is 0 Å². The molecule has 1 fully saturated rings. The summed E-state index contributed by atoms with van der Waals surface area (Å²) in [6.45, 7) is 1.22. The molecule has 14 heavy (non-hydrogen) atoms. The Morgan fingerprint density at radius 1 is 1.43 bits per heavy atom. The monoisotopic (exact) mass is 304 g/mol. The first-order chi connectivity index (χ1) is 6.38. The molecular formula is C11H17IN2. The van der Waals surface area contributed by atoms with E-state index in [0.29, 0.717) is 6.04 Å². The lowest BCUT2D eigenvalue weighted by Gasteiger charge is -2.32. The Morgan fingerprint density at radius 3 is 2.93 bits per heavy atom. The third-order valence-electron chi connectivity index (χ3n) is 2.84. The van der Waals surface area contributed by atoms with Gasteiger partial charge in [-0.1, -0.05) is 12.5 Å². The van der Waals surface area contributed by atoms with Crippen LogP contribution in [0.1, 0.15) is 30.9 Å². The van der Waals surface area contributed by atoms with Gasteiger partial charge < -0.3 is 0 Å². The van der Waals surface area contributed by atoms with Crippen molar-refractivity contribution in [3.05, 3.63) is 30.1 Å². The molecular weight excluding hydrogens is 287 g/mol. The first-order valence-corrected chi connectivity index (χ1v) is 4.98. The van der Waals surface area contributed by atoms with E-state index in [9.17, 15) is 0 Å². The summed E-state index contributed by atoms with van der Waals surface area (Å²) in [6.07, 6.45) is 7.80. The molecule has 1 aliphatic rings. The highest BCUT2D eigenvalue weighted by Crippen LogP contribution is 2.28. The van der Waals surface area contributed by atoms with E-state index < -0.39 is 0 Å². The van der Waals surface area contributed by atoms with Crippen molar-refractivity contribution in [3.63, 3.8) is 0 Å². The molecule has 0 aliphatic carbocycles. The quantitative estimate of drug-likeness (QED) is 0.742. The zero-order valence-electron chi connectivity index (χ0n) is 8.52. The number of piperidine rings is 1. The Bertz CT molecular complexity index is 263. The van der Waals surface area contributed by atoms with Crippen molar-refractivity contribution in [3.8, 4) is 0 Å². The number of nitrogens with zero attached hydrogens (tertiary/aromatic N) is 2. The van der Waals surface area contributed by atoms with Crippen LogP contribution in [-0.4, -0.2) is 23.5 Å². The Balaban J connectivity index is 0.000000980. The van der Waals surface area contributed by atoms with Crippen molar-refractivity contribution in [2.24, 2.45) is 0 Å². The summed E-state index contributed by atoms with van der Waals surface area (Å²) < 4.78 is 0. The van der Waals surface area contributed by atoms with Crippen LogP contribution < -0.4 is 0 Å². The highest BCUT2D eigenvalue weighted by Gasteiger charge is 2.19. The molecule has 0 radical (unpaired) electrons. The van der Waals surface area contributed by atoms with Gasteiger partial charge in [0, 0.05) is 18.4 Å². The molecule has 1 saturated heterocycles. The molecule has 2 heterocycles. The van der Waals surface area contributed by atoms with Crippen LogP contribution in [0.15, 0.2) is 24.5 Å². The minimum absolute atomic E-state index is 0. The van der Waals surface area contributed by atoms with Crippen LogP contribution >= 0.6 is 24.0 Å². The van der Waals surface area contributed by atoms with Gasteiger partial charge in [0.1, 0.15) is 0 Å². The van der Waals surface area contributed by atoms with Gasteiger partial charge in [-0.3, -0.25) is 9.88 Å². The zero-order chi connectivity index (χ0) is 9.10.